The molecule has 0 saturated carbocycles. The Kier molecular flexibility index (Phi) is 5.06. The lowest BCUT2D eigenvalue weighted by atomic mass is 10.2. The summed E-state index contributed by atoms with van der Waals surface area (Å²) in [5.74, 6) is 0. The Labute approximate surface area is 108 Å². The third-order valence-corrected chi connectivity index (χ3v) is 2.06. The van der Waals surface area contributed by atoms with E-state index in [1.54, 1.807) is 6.92 Å². The predicted octanol–water partition coefficient (Wildman–Crippen LogP) is 2.33. The van der Waals surface area contributed by atoms with Crippen molar-refractivity contribution in [2.24, 2.45) is 5.10 Å². The lowest BCUT2D eigenvalue weighted by Crippen LogP contribution is -2.18. The molecule has 7 nitrogen and oxygen atoms in total. The summed E-state index contributed by atoms with van der Waals surface area (Å²) >= 11 is 5.72. The summed E-state index contributed by atoms with van der Waals surface area (Å²) in [5, 5.41) is 14.6. The van der Waals surface area contributed by atoms with Gasteiger partial charge in [-0.25, -0.2) is 10.2 Å². The second kappa shape index (κ2) is 6.55. The molecule has 96 valence electrons. The number of hydrogen-bond donors (Lipinski definition) is 1. The van der Waals surface area contributed by atoms with Crippen molar-refractivity contribution in [1.82, 2.24) is 5.43 Å². The van der Waals surface area contributed by atoms with Crippen LogP contribution in [0.15, 0.2) is 23.3 Å². The van der Waals surface area contributed by atoms with Crippen LogP contribution in [0.2, 0.25) is 5.02 Å². The molecule has 1 aromatic rings. The minimum absolute atomic E-state index is 0.159. The molecule has 1 rings (SSSR count). The summed E-state index contributed by atoms with van der Waals surface area (Å²) < 4.78 is 4.56. The van der Waals surface area contributed by atoms with Crippen LogP contribution in [0.1, 0.15) is 12.5 Å². The van der Waals surface area contributed by atoms with Gasteiger partial charge in [0.2, 0.25) is 0 Å². The summed E-state index contributed by atoms with van der Waals surface area (Å²) in [7, 11) is 0. The second-order valence-electron chi connectivity index (χ2n) is 3.05. The van der Waals surface area contributed by atoms with Crippen molar-refractivity contribution in [3.63, 3.8) is 0 Å². The maximum atomic E-state index is 10.9. The minimum Gasteiger partial charge on any atom is -0.449 e. The zero-order valence-electron chi connectivity index (χ0n) is 9.42. The third-order valence-electron chi connectivity index (χ3n) is 1.82. The lowest BCUT2D eigenvalue weighted by Gasteiger charge is -2.00. The Bertz CT molecular complexity index is 490. The maximum Gasteiger partial charge on any atom is 0.427 e. The molecule has 0 aromatic heterocycles. The number of carbonyl (C=O) groups excluding carboxylic acids is 1. The molecule has 0 aliphatic rings. The number of hydrazone groups is 1. The van der Waals surface area contributed by atoms with Crippen LogP contribution in [0.4, 0.5) is 10.5 Å². The van der Waals surface area contributed by atoms with Gasteiger partial charge < -0.3 is 4.74 Å². The van der Waals surface area contributed by atoms with Crippen LogP contribution >= 0.6 is 11.6 Å². The smallest absolute Gasteiger partial charge is 0.427 e. The number of nitrogens with zero attached hydrogens (tertiary/aromatic N) is 2. The van der Waals surface area contributed by atoms with E-state index in [9.17, 15) is 14.9 Å². The van der Waals surface area contributed by atoms with Crippen molar-refractivity contribution in [3.8, 4) is 0 Å². The molecule has 1 amide bonds. The van der Waals surface area contributed by atoms with Crippen molar-refractivity contribution in [1.29, 1.82) is 0 Å². The minimum atomic E-state index is -0.738. The van der Waals surface area contributed by atoms with Crippen molar-refractivity contribution >= 4 is 29.6 Å². The molecule has 1 aromatic carbocycles. The highest BCUT2D eigenvalue weighted by molar-refractivity contribution is 6.31. The third kappa shape index (κ3) is 4.02. The molecule has 18 heavy (non-hydrogen) atoms. The van der Waals surface area contributed by atoms with Crippen LogP contribution in [0, 0.1) is 10.1 Å². The SMILES string of the molecule is CCOC(=O)N/N=C/c1cc(Cl)ccc1[N+](=O)[O-]. The average Bonchev–Trinajstić information content (AvgIpc) is 2.29. The van der Waals surface area contributed by atoms with E-state index in [4.69, 9.17) is 11.6 Å². The molecule has 8 heteroatoms. The number of rotatable bonds is 4. The molecule has 0 saturated heterocycles. The molecular formula is C10H10ClN3O4. The summed E-state index contributed by atoms with van der Waals surface area (Å²) in [5.41, 5.74) is 2.09. The van der Waals surface area contributed by atoms with Gasteiger partial charge >= 0.3 is 6.09 Å². The molecule has 0 unspecified atom stereocenters. The number of nitro groups is 1. The fraction of sp³-hybridized carbons (Fsp3) is 0.200. The number of amides is 1. The quantitative estimate of drug-likeness (QED) is 0.516. The first kappa shape index (κ1) is 13.9. The van der Waals surface area contributed by atoms with Crippen molar-refractivity contribution in [3.05, 3.63) is 38.9 Å². The van der Waals surface area contributed by atoms with E-state index >= 15 is 0 Å². The number of hydrogen-bond acceptors (Lipinski definition) is 5. The van der Waals surface area contributed by atoms with Gasteiger partial charge in [-0.2, -0.15) is 5.10 Å². The van der Waals surface area contributed by atoms with Gasteiger partial charge in [-0.1, -0.05) is 11.6 Å². The van der Waals surface area contributed by atoms with E-state index in [1.807, 2.05) is 0 Å². The molecule has 0 bridgehead atoms. The van der Waals surface area contributed by atoms with Crippen LogP contribution in [-0.4, -0.2) is 23.8 Å². The van der Waals surface area contributed by atoms with Crippen LogP contribution in [0.3, 0.4) is 0 Å². The zero-order valence-corrected chi connectivity index (χ0v) is 10.2. The highest BCUT2D eigenvalue weighted by atomic mass is 35.5. The van der Waals surface area contributed by atoms with Gasteiger partial charge in [0.1, 0.15) is 0 Å². The lowest BCUT2D eigenvalue weighted by molar-refractivity contribution is -0.385. The van der Waals surface area contributed by atoms with Gasteiger partial charge in [0, 0.05) is 11.1 Å². The molecule has 0 atom stereocenters. The molecule has 0 heterocycles. The number of carbonyl (C=O) groups is 1. The van der Waals surface area contributed by atoms with Gasteiger partial charge in [-0.3, -0.25) is 10.1 Å². The number of nitro benzene ring substituents is 1. The molecule has 1 N–H and O–H groups in total. The summed E-state index contributed by atoms with van der Waals surface area (Å²) in [6.07, 6.45) is 0.388. The van der Waals surface area contributed by atoms with Crippen LogP contribution < -0.4 is 5.43 Å². The van der Waals surface area contributed by atoms with E-state index in [2.05, 4.69) is 15.3 Å². The molecular weight excluding hydrogens is 262 g/mol. The zero-order chi connectivity index (χ0) is 13.5. The van der Waals surface area contributed by atoms with Crippen LogP contribution in [0.5, 0.6) is 0 Å². The standard InChI is InChI=1S/C10H10ClN3O4/c1-2-18-10(15)13-12-6-7-5-8(11)3-4-9(7)14(16)17/h3-6H,2H2,1H3,(H,13,15)/b12-6+. The summed E-state index contributed by atoms with van der Waals surface area (Å²) in [4.78, 5) is 21.1. The first-order valence-corrected chi connectivity index (χ1v) is 5.32. The highest BCUT2D eigenvalue weighted by Gasteiger charge is 2.12. The fourth-order valence-corrected chi connectivity index (χ4v) is 1.29. The molecule has 0 radical (unpaired) electrons. The number of halogens is 1. The number of ether oxygens (including phenoxy) is 1. The van der Waals surface area contributed by atoms with Crippen molar-refractivity contribution in [2.45, 2.75) is 6.92 Å². The molecule has 0 aliphatic heterocycles. The van der Waals surface area contributed by atoms with Crippen molar-refractivity contribution in [2.75, 3.05) is 6.61 Å². The van der Waals surface area contributed by atoms with Gasteiger partial charge in [-0.05, 0) is 19.1 Å². The van der Waals surface area contributed by atoms with Gasteiger partial charge in [0.25, 0.3) is 5.69 Å². The Hall–Kier alpha value is -2.15. The summed E-state index contributed by atoms with van der Waals surface area (Å²) in [6.45, 7) is 1.85. The molecule has 0 fully saturated rings. The second-order valence-corrected chi connectivity index (χ2v) is 3.49. The number of benzene rings is 1. The average molecular weight is 272 g/mol. The fourth-order valence-electron chi connectivity index (χ4n) is 1.11. The van der Waals surface area contributed by atoms with Gasteiger partial charge in [-0.15, -0.1) is 0 Å². The molecule has 0 aliphatic carbocycles. The predicted molar refractivity (Wildman–Crippen MR) is 65.9 cm³/mol. The monoisotopic (exact) mass is 271 g/mol. The largest absolute Gasteiger partial charge is 0.449 e. The Balaban J connectivity index is 2.82. The molecule has 0 spiro atoms. The van der Waals surface area contributed by atoms with E-state index in [-0.39, 0.29) is 17.9 Å². The van der Waals surface area contributed by atoms with Crippen LogP contribution in [0.25, 0.3) is 0 Å². The van der Waals surface area contributed by atoms with Crippen LogP contribution in [-0.2, 0) is 4.74 Å². The van der Waals surface area contributed by atoms with E-state index in [0.717, 1.165) is 6.21 Å². The van der Waals surface area contributed by atoms with E-state index < -0.39 is 11.0 Å². The van der Waals surface area contributed by atoms with E-state index in [0.29, 0.717) is 5.02 Å². The normalized spacial score (nSPS) is 10.3. The van der Waals surface area contributed by atoms with Gasteiger partial charge in [0.15, 0.2) is 0 Å². The number of nitrogens with one attached hydrogen (secondary N) is 1. The highest BCUT2D eigenvalue weighted by Crippen LogP contribution is 2.20. The summed E-state index contributed by atoms with van der Waals surface area (Å²) in [6, 6.07) is 4.03. The van der Waals surface area contributed by atoms with Gasteiger partial charge in [0.05, 0.1) is 23.3 Å². The first-order valence-electron chi connectivity index (χ1n) is 4.94. The Morgan fingerprint density at radius 2 is 2.39 bits per heavy atom. The topological polar surface area (TPSA) is 93.8 Å². The Morgan fingerprint density at radius 1 is 1.67 bits per heavy atom. The van der Waals surface area contributed by atoms with E-state index in [1.165, 1.54) is 18.2 Å². The van der Waals surface area contributed by atoms with Crippen molar-refractivity contribution < 1.29 is 14.5 Å². The maximum absolute atomic E-state index is 10.9. The first-order chi connectivity index (χ1) is 8.54. The Morgan fingerprint density at radius 3 is 3.00 bits per heavy atom.